The van der Waals surface area contributed by atoms with Crippen LogP contribution in [0.15, 0.2) is 11.6 Å². The molecule has 0 aromatic heterocycles. The number of rotatable bonds is 7. The predicted molar refractivity (Wildman–Crippen MR) is 76.4 cm³/mol. The zero-order valence-electron chi connectivity index (χ0n) is 11.6. The molecule has 102 valence electrons. The van der Waals surface area contributed by atoms with Gasteiger partial charge in [-0.25, -0.2) is 4.79 Å². The molecule has 0 aliphatic heterocycles. The first-order valence-corrected chi connectivity index (χ1v) is 7.28. The van der Waals surface area contributed by atoms with Gasteiger partial charge in [-0.2, -0.15) is 5.26 Å². The van der Waals surface area contributed by atoms with Crippen LogP contribution in [0.5, 0.6) is 0 Å². The van der Waals surface area contributed by atoms with Gasteiger partial charge in [0.25, 0.3) is 0 Å². The number of hydrogen-bond acceptors (Lipinski definition) is 3. The van der Waals surface area contributed by atoms with Crippen molar-refractivity contribution in [2.75, 3.05) is 6.61 Å². The maximum absolute atomic E-state index is 12.2. The Labute approximate surface area is 118 Å². The van der Waals surface area contributed by atoms with Crippen molar-refractivity contribution >= 4 is 21.9 Å². The van der Waals surface area contributed by atoms with Crippen molar-refractivity contribution in [2.24, 2.45) is 5.41 Å². The van der Waals surface area contributed by atoms with Gasteiger partial charge in [-0.05, 0) is 38.7 Å². The van der Waals surface area contributed by atoms with E-state index < -0.39 is 11.4 Å². The second-order valence-corrected chi connectivity index (χ2v) is 5.79. The van der Waals surface area contributed by atoms with Gasteiger partial charge in [0.05, 0.1) is 12.7 Å². The molecule has 0 aromatic carbocycles. The predicted octanol–water partition coefficient (Wildman–Crippen LogP) is 3.98. The van der Waals surface area contributed by atoms with Crippen LogP contribution in [0.2, 0.25) is 0 Å². The number of carbonyl (C=O) groups is 1. The molecule has 0 N–H and O–H groups in total. The molecule has 0 aromatic rings. The number of carbonyl (C=O) groups excluding carboxylic acids is 1. The Balaban J connectivity index is 5.34. The highest BCUT2D eigenvalue weighted by Gasteiger charge is 2.42. The summed E-state index contributed by atoms with van der Waals surface area (Å²) in [7, 11) is 0. The molecule has 0 rings (SSSR count). The molecule has 0 aliphatic rings. The summed E-state index contributed by atoms with van der Waals surface area (Å²) in [6.45, 7) is 7.88. The summed E-state index contributed by atoms with van der Waals surface area (Å²) in [5.41, 5.74) is -0.279. The number of hydrogen-bond donors (Lipinski definition) is 0. The Morgan fingerprint density at radius 3 is 2.50 bits per heavy atom. The van der Waals surface area contributed by atoms with E-state index in [0.717, 1.165) is 12.0 Å². The van der Waals surface area contributed by atoms with Crippen LogP contribution in [-0.2, 0) is 9.53 Å². The smallest absolute Gasteiger partial charge is 0.330 e. The molecule has 0 amide bonds. The van der Waals surface area contributed by atoms with E-state index in [0.29, 0.717) is 19.4 Å². The summed E-state index contributed by atoms with van der Waals surface area (Å²) in [6.07, 6.45) is 3.78. The van der Waals surface area contributed by atoms with E-state index in [1.54, 1.807) is 6.92 Å². The van der Waals surface area contributed by atoms with Gasteiger partial charge in [-0.1, -0.05) is 35.9 Å². The van der Waals surface area contributed by atoms with Crippen LogP contribution >= 0.6 is 15.9 Å². The highest BCUT2D eigenvalue weighted by atomic mass is 79.9. The van der Waals surface area contributed by atoms with E-state index in [1.165, 1.54) is 0 Å². The quantitative estimate of drug-likeness (QED) is 0.405. The first-order chi connectivity index (χ1) is 8.48. The van der Waals surface area contributed by atoms with E-state index in [1.807, 2.05) is 26.8 Å². The lowest BCUT2D eigenvalue weighted by Gasteiger charge is -2.27. The molecule has 0 bridgehead atoms. The van der Waals surface area contributed by atoms with Gasteiger partial charge >= 0.3 is 5.97 Å². The SMILES string of the molecule is C/C=C(\CC)[C@](C#N)(CC[C@H](C)Br)C(=O)OCC. The van der Waals surface area contributed by atoms with Gasteiger partial charge in [0.1, 0.15) is 0 Å². The molecular weight excluding hydrogens is 294 g/mol. The average Bonchev–Trinajstić information content (AvgIpc) is 2.34. The minimum atomic E-state index is -1.12. The maximum atomic E-state index is 12.2. The molecule has 0 saturated heterocycles. The average molecular weight is 316 g/mol. The Morgan fingerprint density at radius 1 is 1.56 bits per heavy atom. The van der Waals surface area contributed by atoms with Crippen molar-refractivity contribution in [2.45, 2.75) is 51.8 Å². The standard InChI is InChI=1S/C14H22BrNO2/c1-5-12(6-2)14(10-16,9-8-11(4)15)13(17)18-7-3/h5,11H,6-9H2,1-4H3/b12-5+/t11-,14+/m0/s1. The van der Waals surface area contributed by atoms with Crippen LogP contribution in [0, 0.1) is 16.7 Å². The third-order valence-electron chi connectivity index (χ3n) is 3.01. The van der Waals surface area contributed by atoms with Gasteiger partial charge in [0, 0.05) is 4.83 Å². The summed E-state index contributed by atoms with van der Waals surface area (Å²) < 4.78 is 5.10. The van der Waals surface area contributed by atoms with E-state index in [2.05, 4.69) is 22.0 Å². The molecule has 0 aliphatic carbocycles. The van der Waals surface area contributed by atoms with Crippen molar-refractivity contribution < 1.29 is 9.53 Å². The van der Waals surface area contributed by atoms with Crippen LogP contribution < -0.4 is 0 Å². The Kier molecular flexibility index (Phi) is 7.93. The number of esters is 1. The molecular formula is C14H22BrNO2. The highest BCUT2D eigenvalue weighted by Crippen LogP contribution is 2.37. The Hall–Kier alpha value is -0.820. The Bertz CT molecular complexity index is 344. The molecule has 3 nitrogen and oxygen atoms in total. The number of nitrogens with zero attached hydrogens (tertiary/aromatic N) is 1. The largest absolute Gasteiger partial charge is 0.465 e. The molecule has 0 saturated carbocycles. The number of alkyl halides is 1. The molecule has 0 spiro atoms. The minimum Gasteiger partial charge on any atom is -0.465 e. The summed E-state index contributed by atoms with van der Waals surface area (Å²) >= 11 is 3.46. The van der Waals surface area contributed by atoms with Crippen molar-refractivity contribution in [3.05, 3.63) is 11.6 Å². The lowest BCUT2D eigenvalue weighted by atomic mass is 9.76. The van der Waals surface area contributed by atoms with Gasteiger partial charge in [0.2, 0.25) is 0 Å². The number of ether oxygens (including phenoxy) is 1. The molecule has 0 heterocycles. The van der Waals surface area contributed by atoms with Crippen LogP contribution in [0.4, 0.5) is 0 Å². The van der Waals surface area contributed by atoms with E-state index in [4.69, 9.17) is 4.74 Å². The summed E-state index contributed by atoms with van der Waals surface area (Å²) in [4.78, 5) is 12.4. The van der Waals surface area contributed by atoms with Crippen LogP contribution in [0.25, 0.3) is 0 Å². The molecule has 2 atom stereocenters. The van der Waals surface area contributed by atoms with Crippen LogP contribution in [0.3, 0.4) is 0 Å². The monoisotopic (exact) mass is 315 g/mol. The lowest BCUT2D eigenvalue weighted by molar-refractivity contribution is -0.150. The Morgan fingerprint density at radius 2 is 2.17 bits per heavy atom. The van der Waals surface area contributed by atoms with Crippen molar-refractivity contribution in [1.82, 2.24) is 0 Å². The molecule has 18 heavy (non-hydrogen) atoms. The second-order valence-electron chi connectivity index (χ2n) is 4.22. The van der Waals surface area contributed by atoms with Crippen molar-refractivity contribution in [3.63, 3.8) is 0 Å². The summed E-state index contributed by atoms with van der Waals surface area (Å²) in [5, 5.41) is 9.51. The van der Waals surface area contributed by atoms with E-state index in [9.17, 15) is 10.1 Å². The fraction of sp³-hybridized carbons (Fsp3) is 0.714. The van der Waals surface area contributed by atoms with Gasteiger partial charge in [-0.15, -0.1) is 0 Å². The first-order valence-electron chi connectivity index (χ1n) is 6.36. The molecule has 4 heteroatoms. The number of halogens is 1. The van der Waals surface area contributed by atoms with Gasteiger partial charge < -0.3 is 4.74 Å². The fourth-order valence-electron chi connectivity index (χ4n) is 1.99. The number of nitriles is 1. The van der Waals surface area contributed by atoms with E-state index >= 15 is 0 Å². The van der Waals surface area contributed by atoms with Crippen molar-refractivity contribution in [3.8, 4) is 6.07 Å². The normalized spacial score (nSPS) is 16.6. The molecule has 0 unspecified atom stereocenters. The van der Waals surface area contributed by atoms with Crippen LogP contribution in [0.1, 0.15) is 47.0 Å². The highest BCUT2D eigenvalue weighted by molar-refractivity contribution is 9.09. The van der Waals surface area contributed by atoms with Crippen molar-refractivity contribution in [1.29, 1.82) is 5.26 Å². The minimum absolute atomic E-state index is 0.273. The zero-order valence-corrected chi connectivity index (χ0v) is 13.2. The molecule has 0 fully saturated rings. The lowest BCUT2D eigenvalue weighted by Crippen LogP contribution is -2.34. The van der Waals surface area contributed by atoms with Gasteiger partial charge in [-0.3, -0.25) is 0 Å². The zero-order chi connectivity index (χ0) is 14.2. The maximum Gasteiger partial charge on any atom is 0.330 e. The second kappa shape index (κ2) is 8.31. The number of allylic oxidation sites excluding steroid dienone is 1. The fourth-order valence-corrected chi connectivity index (χ4v) is 2.22. The third kappa shape index (κ3) is 4.13. The third-order valence-corrected chi connectivity index (χ3v) is 3.47. The van der Waals surface area contributed by atoms with Crippen LogP contribution in [-0.4, -0.2) is 17.4 Å². The van der Waals surface area contributed by atoms with E-state index in [-0.39, 0.29) is 4.83 Å². The first kappa shape index (κ1) is 17.2. The van der Waals surface area contributed by atoms with Gasteiger partial charge in [0.15, 0.2) is 5.41 Å². The molecule has 0 radical (unpaired) electrons. The summed E-state index contributed by atoms with van der Waals surface area (Å²) in [6, 6.07) is 2.19. The topological polar surface area (TPSA) is 50.1 Å². The summed E-state index contributed by atoms with van der Waals surface area (Å²) in [5.74, 6) is -0.421.